The van der Waals surface area contributed by atoms with Crippen LogP contribution in [0, 0.1) is 0 Å². The SMILES string of the molecule is CCOC(=O)Cc1nnn(COCc2ccccc2)n1. The molecule has 2 rings (SSSR count). The minimum absolute atomic E-state index is 0.0204. The first-order valence-corrected chi connectivity index (χ1v) is 6.32. The quantitative estimate of drug-likeness (QED) is 0.701. The number of nitrogens with zero attached hydrogens (tertiary/aromatic N) is 4. The van der Waals surface area contributed by atoms with Crippen molar-refractivity contribution in [1.82, 2.24) is 20.2 Å². The third kappa shape index (κ3) is 4.43. The molecule has 7 heteroatoms. The molecule has 0 aliphatic carbocycles. The Hall–Kier alpha value is -2.28. The molecule has 0 saturated carbocycles. The van der Waals surface area contributed by atoms with Crippen molar-refractivity contribution in [3.8, 4) is 0 Å². The summed E-state index contributed by atoms with van der Waals surface area (Å²) in [5.41, 5.74) is 1.07. The van der Waals surface area contributed by atoms with Crippen molar-refractivity contribution in [2.24, 2.45) is 0 Å². The van der Waals surface area contributed by atoms with Gasteiger partial charge in [0, 0.05) is 0 Å². The Morgan fingerprint density at radius 1 is 1.30 bits per heavy atom. The highest BCUT2D eigenvalue weighted by Gasteiger charge is 2.09. The van der Waals surface area contributed by atoms with E-state index >= 15 is 0 Å². The summed E-state index contributed by atoms with van der Waals surface area (Å²) in [5, 5.41) is 11.6. The zero-order chi connectivity index (χ0) is 14.2. The average molecular weight is 276 g/mol. The Labute approximate surface area is 116 Å². The summed E-state index contributed by atoms with van der Waals surface area (Å²) >= 11 is 0. The molecule has 0 saturated heterocycles. The molecule has 1 aromatic heterocycles. The highest BCUT2D eigenvalue weighted by Crippen LogP contribution is 2.01. The summed E-state index contributed by atoms with van der Waals surface area (Å²) in [6.45, 7) is 2.74. The van der Waals surface area contributed by atoms with E-state index in [2.05, 4.69) is 15.4 Å². The zero-order valence-electron chi connectivity index (χ0n) is 11.2. The monoisotopic (exact) mass is 276 g/mol. The molecule has 0 fully saturated rings. The molecule has 20 heavy (non-hydrogen) atoms. The van der Waals surface area contributed by atoms with Gasteiger partial charge in [0.2, 0.25) is 0 Å². The van der Waals surface area contributed by atoms with Gasteiger partial charge in [-0.25, -0.2) is 0 Å². The van der Waals surface area contributed by atoms with Crippen LogP contribution >= 0.6 is 0 Å². The molecular formula is C13H16N4O3. The van der Waals surface area contributed by atoms with Crippen LogP contribution in [0.1, 0.15) is 18.3 Å². The fourth-order valence-electron chi connectivity index (χ4n) is 1.56. The minimum atomic E-state index is -0.364. The summed E-state index contributed by atoms with van der Waals surface area (Å²) < 4.78 is 10.3. The molecule has 0 amide bonds. The molecule has 0 aliphatic rings. The maximum Gasteiger partial charge on any atom is 0.313 e. The number of hydrogen-bond acceptors (Lipinski definition) is 6. The molecule has 0 bridgehead atoms. The minimum Gasteiger partial charge on any atom is -0.466 e. The van der Waals surface area contributed by atoms with Crippen LogP contribution in [0.15, 0.2) is 30.3 Å². The van der Waals surface area contributed by atoms with Crippen LogP contribution < -0.4 is 0 Å². The predicted octanol–water partition coefficient (Wildman–Crippen LogP) is 0.953. The lowest BCUT2D eigenvalue weighted by atomic mass is 10.2. The Morgan fingerprint density at radius 2 is 2.10 bits per heavy atom. The van der Waals surface area contributed by atoms with E-state index in [0.29, 0.717) is 19.0 Å². The molecular weight excluding hydrogens is 260 g/mol. The van der Waals surface area contributed by atoms with E-state index in [1.807, 2.05) is 30.3 Å². The fraction of sp³-hybridized carbons (Fsp3) is 0.385. The first kappa shape index (κ1) is 14.1. The van der Waals surface area contributed by atoms with Crippen LogP contribution in [0.5, 0.6) is 0 Å². The molecule has 0 N–H and O–H groups in total. The van der Waals surface area contributed by atoms with Gasteiger partial charge in [0.15, 0.2) is 12.6 Å². The molecule has 0 atom stereocenters. The third-order valence-electron chi connectivity index (χ3n) is 2.42. The van der Waals surface area contributed by atoms with Crippen molar-refractivity contribution < 1.29 is 14.3 Å². The molecule has 2 aromatic rings. The van der Waals surface area contributed by atoms with E-state index in [9.17, 15) is 4.79 Å². The number of esters is 1. The van der Waals surface area contributed by atoms with Gasteiger partial charge in [-0.3, -0.25) is 4.79 Å². The van der Waals surface area contributed by atoms with Gasteiger partial charge >= 0.3 is 5.97 Å². The van der Waals surface area contributed by atoms with Gasteiger partial charge in [0.05, 0.1) is 13.2 Å². The Bertz CT molecular complexity index is 542. The molecule has 1 heterocycles. The summed E-state index contributed by atoms with van der Waals surface area (Å²) in [6.07, 6.45) is 0.0204. The molecule has 106 valence electrons. The lowest BCUT2D eigenvalue weighted by Crippen LogP contribution is -2.10. The van der Waals surface area contributed by atoms with Gasteiger partial charge in [0.1, 0.15) is 6.42 Å². The molecule has 1 aromatic carbocycles. The predicted molar refractivity (Wildman–Crippen MR) is 69.4 cm³/mol. The van der Waals surface area contributed by atoms with Crippen molar-refractivity contribution in [2.45, 2.75) is 26.7 Å². The largest absolute Gasteiger partial charge is 0.466 e. The summed E-state index contributed by atoms with van der Waals surface area (Å²) in [4.78, 5) is 12.6. The second-order valence-electron chi connectivity index (χ2n) is 4.02. The first-order valence-electron chi connectivity index (χ1n) is 6.32. The number of tetrazole rings is 1. The first-order chi connectivity index (χ1) is 9.78. The smallest absolute Gasteiger partial charge is 0.313 e. The molecule has 0 spiro atoms. The van der Waals surface area contributed by atoms with Crippen LogP contribution in [-0.2, 0) is 34.0 Å². The molecule has 7 nitrogen and oxygen atoms in total. The van der Waals surface area contributed by atoms with Crippen LogP contribution in [-0.4, -0.2) is 32.8 Å². The van der Waals surface area contributed by atoms with Crippen molar-refractivity contribution in [3.05, 3.63) is 41.7 Å². The van der Waals surface area contributed by atoms with Crippen LogP contribution in [0.25, 0.3) is 0 Å². The summed E-state index contributed by atoms with van der Waals surface area (Å²) in [7, 11) is 0. The fourth-order valence-corrected chi connectivity index (χ4v) is 1.56. The highest BCUT2D eigenvalue weighted by molar-refractivity contribution is 5.71. The number of carbonyl (C=O) groups excluding carboxylic acids is 1. The van der Waals surface area contributed by atoms with Crippen molar-refractivity contribution in [1.29, 1.82) is 0 Å². The Balaban J connectivity index is 1.77. The van der Waals surface area contributed by atoms with Gasteiger partial charge in [-0.1, -0.05) is 30.3 Å². The number of benzene rings is 1. The zero-order valence-corrected chi connectivity index (χ0v) is 11.2. The lowest BCUT2D eigenvalue weighted by Gasteiger charge is -2.02. The summed E-state index contributed by atoms with van der Waals surface area (Å²) in [5.74, 6) is -0.0379. The topological polar surface area (TPSA) is 79.1 Å². The number of carbonyl (C=O) groups is 1. The number of aromatic nitrogens is 4. The normalized spacial score (nSPS) is 10.4. The van der Waals surface area contributed by atoms with Crippen LogP contribution in [0.2, 0.25) is 0 Å². The van der Waals surface area contributed by atoms with Crippen molar-refractivity contribution >= 4 is 5.97 Å². The molecule has 0 aliphatic heterocycles. The van der Waals surface area contributed by atoms with Gasteiger partial charge in [0.25, 0.3) is 0 Å². The maximum atomic E-state index is 11.3. The standard InChI is InChI=1S/C13H16N4O3/c1-2-20-13(18)8-12-14-16-17(15-12)10-19-9-11-6-4-3-5-7-11/h3-7H,2,8-10H2,1H3. The van der Waals surface area contributed by atoms with E-state index in [4.69, 9.17) is 9.47 Å². The van der Waals surface area contributed by atoms with E-state index in [0.717, 1.165) is 5.56 Å². The number of rotatable bonds is 7. The number of ether oxygens (including phenoxy) is 2. The van der Waals surface area contributed by atoms with E-state index in [1.165, 1.54) is 4.80 Å². The molecule has 0 radical (unpaired) electrons. The van der Waals surface area contributed by atoms with E-state index in [-0.39, 0.29) is 19.1 Å². The van der Waals surface area contributed by atoms with E-state index < -0.39 is 0 Å². The third-order valence-corrected chi connectivity index (χ3v) is 2.42. The highest BCUT2D eigenvalue weighted by atomic mass is 16.5. The van der Waals surface area contributed by atoms with Crippen molar-refractivity contribution in [2.75, 3.05) is 6.61 Å². The van der Waals surface area contributed by atoms with Gasteiger partial charge in [-0.05, 0) is 17.7 Å². The Kier molecular flexibility index (Phi) is 5.19. The lowest BCUT2D eigenvalue weighted by molar-refractivity contribution is -0.142. The average Bonchev–Trinajstić information content (AvgIpc) is 2.88. The maximum absolute atomic E-state index is 11.3. The number of hydrogen-bond donors (Lipinski definition) is 0. The van der Waals surface area contributed by atoms with Gasteiger partial charge in [-0.2, -0.15) is 0 Å². The molecule has 0 unspecified atom stereocenters. The summed E-state index contributed by atoms with van der Waals surface area (Å²) in [6, 6.07) is 9.79. The second-order valence-corrected chi connectivity index (χ2v) is 4.02. The van der Waals surface area contributed by atoms with Crippen molar-refractivity contribution in [3.63, 3.8) is 0 Å². The van der Waals surface area contributed by atoms with Crippen LogP contribution in [0.3, 0.4) is 0 Å². The second kappa shape index (κ2) is 7.34. The van der Waals surface area contributed by atoms with Gasteiger partial charge in [-0.15, -0.1) is 15.0 Å². The van der Waals surface area contributed by atoms with Crippen LogP contribution in [0.4, 0.5) is 0 Å². The Morgan fingerprint density at radius 3 is 2.85 bits per heavy atom. The van der Waals surface area contributed by atoms with Gasteiger partial charge < -0.3 is 9.47 Å². The van der Waals surface area contributed by atoms with E-state index in [1.54, 1.807) is 6.92 Å².